The molecule has 1 saturated heterocycles. The minimum Gasteiger partial charge on any atom is -0.379 e. The number of halogens is 1. The molecule has 1 amide bonds. The molecule has 0 spiro atoms. The van der Waals surface area contributed by atoms with Crippen molar-refractivity contribution in [2.75, 3.05) is 44.3 Å². The molecule has 0 saturated carbocycles. The van der Waals surface area contributed by atoms with Crippen molar-refractivity contribution in [2.24, 2.45) is 0 Å². The van der Waals surface area contributed by atoms with Gasteiger partial charge < -0.3 is 9.64 Å². The van der Waals surface area contributed by atoms with E-state index in [4.69, 9.17) is 4.74 Å². The number of benzene rings is 1. The van der Waals surface area contributed by atoms with Gasteiger partial charge in [0.2, 0.25) is 0 Å². The summed E-state index contributed by atoms with van der Waals surface area (Å²) in [7, 11) is 0. The van der Waals surface area contributed by atoms with E-state index in [2.05, 4.69) is 20.8 Å². The zero-order valence-electron chi connectivity index (χ0n) is 11.0. The van der Waals surface area contributed by atoms with Crippen LogP contribution in [0, 0.1) is 0 Å². The van der Waals surface area contributed by atoms with Crippen LogP contribution < -0.4 is 4.90 Å². The Kier molecular flexibility index (Phi) is 3.87. The van der Waals surface area contributed by atoms with Crippen LogP contribution in [0.5, 0.6) is 0 Å². The van der Waals surface area contributed by atoms with Crippen molar-refractivity contribution in [1.29, 1.82) is 0 Å². The maximum absolute atomic E-state index is 12.1. The first-order valence-corrected chi connectivity index (χ1v) is 7.42. The molecule has 0 unspecified atom stereocenters. The molecule has 6 heteroatoms. The van der Waals surface area contributed by atoms with E-state index < -0.39 is 11.7 Å². The van der Waals surface area contributed by atoms with Crippen LogP contribution in [0.1, 0.15) is 10.4 Å². The lowest BCUT2D eigenvalue weighted by molar-refractivity contribution is -0.114. The van der Waals surface area contributed by atoms with E-state index in [9.17, 15) is 9.59 Å². The number of carbonyl (C=O) groups is 2. The molecule has 2 aliphatic heterocycles. The highest BCUT2D eigenvalue weighted by atomic mass is 79.9. The number of rotatable bonds is 3. The molecule has 20 heavy (non-hydrogen) atoms. The quantitative estimate of drug-likeness (QED) is 0.780. The van der Waals surface area contributed by atoms with Crippen LogP contribution in [0.15, 0.2) is 22.7 Å². The van der Waals surface area contributed by atoms with Gasteiger partial charge in [-0.25, -0.2) is 0 Å². The van der Waals surface area contributed by atoms with Gasteiger partial charge in [-0.1, -0.05) is 15.9 Å². The molecule has 1 aromatic carbocycles. The van der Waals surface area contributed by atoms with Gasteiger partial charge >= 0.3 is 0 Å². The van der Waals surface area contributed by atoms with Crippen LogP contribution in [0.2, 0.25) is 0 Å². The number of hydrogen-bond acceptors (Lipinski definition) is 4. The molecule has 2 heterocycles. The lowest BCUT2D eigenvalue weighted by Gasteiger charge is -2.28. The topological polar surface area (TPSA) is 49.9 Å². The molecule has 3 rings (SSSR count). The average Bonchev–Trinajstić information content (AvgIpc) is 2.70. The average molecular weight is 339 g/mol. The molecule has 0 N–H and O–H groups in total. The largest absolute Gasteiger partial charge is 0.379 e. The Balaban J connectivity index is 1.75. The number of ketones is 1. The lowest BCUT2D eigenvalue weighted by atomic mass is 10.1. The number of Topliss-reactive ketones (excluding diaryl/α,β-unsaturated/α-hetero) is 1. The summed E-state index contributed by atoms with van der Waals surface area (Å²) in [6.07, 6.45) is 0. The summed E-state index contributed by atoms with van der Waals surface area (Å²) in [5.74, 6) is -0.833. The molecule has 5 nitrogen and oxygen atoms in total. The summed E-state index contributed by atoms with van der Waals surface area (Å²) in [4.78, 5) is 27.8. The number of morpholine rings is 1. The Bertz CT molecular complexity index is 555. The van der Waals surface area contributed by atoms with Crippen LogP contribution in [0.3, 0.4) is 0 Å². The fourth-order valence-electron chi connectivity index (χ4n) is 2.56. The van der Waals surface area contributed by atoms with E-state index in [0.717, 1.165) is 37.3 Å². The molecule has 106 valence electrons. The predicted molar refractivity (Wildman–Crippen MR) is 78.1 cm³/mol. The van der Waals surface area contributed by atoms with Gasteiger partial charge in [0.25, 0.3) is 11.7 Å². The fourth-order valence-corrected chi connectivity index (χ4v) is 2.90. The second-order valence-electron chi connectivity index (χ2n) is 4.90. The number of nitrogens with zero attached hydrogens (tertiary/aromatic N) is 2. The maximum Gasteiger partial charge on any atom is 0.299 e. The number of hydrogen-bond donors (Lipinski definition) is 0. The zero-order chi connectivity index (χ0) is 14.1. The molecule has 0 aromatic heterocycles. The first-order chi connectivity index (χ1) is 9.66. The standard InChI is InChI=1S/C14H15BrN2O3/c15-10-1-2-11-12(9-10)17(14(19)13(11)18)4-3-16-5-7-20-8-6-16/h1-2,9H,3-8H2. The first-order valence-electron chi connectivity index (χ1n) is 6.62. The molecule has 0 bridgehead atoms. The number of anilines is 1. The predicted octanol–water partition coefficient (Wildman–Crippen LogP) is 1.31. The van der Waals surface area contributed by atoms with Crippen LogP contribution in [0.25, 0.3) is 0 Å². The number of amides is 1. The number of ether oxygens (including phenoxy) is 1. The van der Waals surface area contributed by atoms with Crippen molar-refractivity contribution < 1.29 is 14.3 Å². The summed E-state index contributed by atoms with van der Waals surface area (Å²) in [5.41, 5.74) is 1.21. The van der Waals surface area contributed by atoms with Gasteiger partial charge in [0, 0.05) is 30.7 Å². The van der Waals surface area contributed by atoms with Gasteiger partial charge in [0.15, 0.2) is 0 Å². The third-order valence-electron chi connectivity index (χ3n) is 3.68. The molecule has 1 fully saturated rings. The minimum absolute atomic E-state index is 0.408. The highest BCUT2D eigenvalue weighted by Crippen LogP contribution is 2.31. The molecule has 0 atom stereocenters. The molecule has 0 aliphatic carbocycles. The van der Waals surface area contributed by atoms with Gasteiger partial charge in [-0.05, 0) is 18.2 Å². The minimum atomic E-state index is -0.425. The summed E-state index contributed by atoms with van der Waals surface area (Å²) >= 11 is 3.38. The van der Waals surface area contributed by atoms with Crippen molar-refractivity contribution >= 4 is 33.3 Å². The summed E-state index contributed by atoms with van der Waals surface area (Å²) in [6, 6.07) is 5.32. The molecule has 2 aliphatic rings. The van der Waals surface area contributed by atoms with Crippen LogP contribution in [0.4, 0.5) is 5.69 Å². The van der Waals surface area contributed by atoms with Crippen LogP contribution >= 0.6 is 15.9 Å². The summed E-state index contributed by atoms with van der Waals surface area (Å²) < 4.78 is 6.17. The number of carbonyl (C=O) groups excluding carboxylic acids is 2. The van der Waals surface area contributed by atoms with Gasteiger partial charge in [-0.3, -0.25) is 14.5 Å². The van der Waals surface area contributed by atoms with Gasteiger partial charge in [0.05, 0.1) is 24.5 Å². The molecular formula is C14H15BrN2O3. The fraction of sp³-hybridized carbons (Fsp3) is 0.429. The second-order valence-corrected chi connectivity index (χ2v) is 5.82. The van der Waals surface area contributed by atoms with Gasteiger partial charge in [-0.15, -0.1) is 0 Å². The SMILES string of the molecule is O=C1C(=O)N(CCN2CCOCC2)c2cc(Br)ccc21. The van der Waals surface area contributed by atoms with E-state index >= 15 is 0 Å². The first kappa shape index (κ1) is 13.7. The Morgan fingerprint density at radius 3 is 2.65 bits per heavy atom. The monoisotopic (exact) mass is 338 g/mol. The van der Waals surface area contributed by atoms with E-state index in [1.807, 2.05) is 6.07 Å². The Morgan fingerprint density at radius 1 is 1.15 bits per heavy atom. The van der Waals surface area contributed by atoms with Crippen molar-refractivity contribution in [3.8, 4) is 0 Å². The summed E-state index contributed by atoms with van der Waals surface area (Å²) in [6.45, 7) is 4.51. The van der Waals surface area contributed by atoms with Crippen molar-refractivity contribution in [1.82, 2.24) is 4.90 Å². The van der Waals surface area contributed by atoms with E-state index in [1.54, 1.807) is 17.0 Å². The van der Waals surface area contributed by atoms with Gasteiger partial charge in [-0.2, -0.15) is 0 Å². The maximum atomic E-state index is 12.1. The van der Waals surface area contributed by atoms with Gasteiger partial charge in [0.1, 0.15) is 0 Å². The van der Waals surface area contributed by atoms with Crippen molar-refractivity contribution in [2.45, 2.75) is 0 Å². The number of fused-ring (bicyclic) bond motifs is 1. The lowest BCUT2D eigenvalue weighted by Crippen LogP contribution is -2.42. The van der Waals surface area contributed by atoms with E-state index in [-0.39, 0.29) is 0 Å². The van der Waals surface area contributed by atoms with Crippen molar-refractivity contribution in [3.63, 3.8) is 0 Å². The molecule has 0 radical (unpaired) electrons. The smallest absolute Gasteiger partial charge is 0.299 e. The normalized spacial score (nSPS) is 19.6. The molecular weight excluding hydrogens is 324 g/mol. The molecule has 1 aromatic rings. The van der Waals surface area contributed by atoms with Crippen LogP contribution in [-0.4, -0.2) is 56.0 Å². The second kappa shape index (κ2) is 5.63. The van der Waals surface area contributed by atoms with Crippen molar-refractivity contribution in [3.05, 3.63) is 28.2 Å². The highest BCUT2D eigenvalue weighted by Gasteiger charge is 2.35. The van der Waals surface area contributed by atoms with Crippen LogP contribution in [-0.2, 0) is 9.53 Å². The van der Waals surface area contributed by atoms with E-state index in [0.29, 0.717) is 17.8 Å². The Labute approximate surface area is 125 Å². The third kappa shape index (κ3) is 2.51. The van der Waals surface area contributed by atoms with E-state index in [1.165, 1.54) is 0 Å². The highest BCUT2D eigenvalue weighted by molar-refractivity contribution is 9.10. The summed E-state index contributed by atoms with van der Waals surface area (Å²) in [5, 5.41) is 0. The Morgan fingerprint density at radius 2 is 1.90 bits per heavy atom. The zero-order valence-corrected chi connectivity index (χ0v) is 12.6. The third-order valence-corrected chi connectivity index (χ3v) is 4.17. The Hall–Kier alpha value is -1.24.